The van der Waals surface area contributed by atoms with Gasteiger partial charge >= 0.3 is 0 Å². The molecule has 1 aromatic rings. The summed E-state index contributed by atoms with van der Waals surface area (Å²) in [4.78, 5) is 4.57. The van der Waals surface area contributed by atoms with Gasteiger partial charge in [-0.1, -0.05) is 0 Å². The number of nitrogens with zero attached hydrogens (tertiary/aromatic N) is 2. The Morgan fingerprint density at radius 1 is 1.18 bits per heavy atom. The Balaban J connectivity index is 1.96. The molecule has 0 atom stereocenters. The Kier molecular flexibility index (Phi) is 5.98. The van der Waals surface area contributed by atoms with Crippen LogP contribution in [0.1, 0.15) is 20.8 Å². The van der Waals surface area contributed by atoms with E-state index in [1.807, 2.05) is 18.4 Å². The van der Waals surface area contributed by atoms with Crippen LogP contribution in [0.2, 0.25) is 0 Å². The van der Waals surface area contributed by atoms with Gasteiger partial charge in [-0.2, -0.15) is 11.8 Å². The maximum atomic E-state index is 14.3. The van der Waals surface area contributed by atoms with Crippen LogP contribution in [0.3, 0.4) is 0 Å². The van der Waals surface area contributed by atoms with Crippen molar-refractivity contribution in [3.63, 3.8) is 0 Å². The lowest BCUT2D eigenvalue weighted by Crippen LogP contribution is -2.53. The van der Waals surface area contributed by atoms with Crippen molar-refractivity contribution in [2.45, 2.75) is 26.3 Å². The lowest BCUT2D eigenvalue weighted by Gasteiger charge is -2.43. The van der Waals surface area contributed by atoms with Gasteiger partial charge in [0.15, 0.2) is 0 Å². The Morgan fingerprint density at radius 3 is 2.41 bits per heavy atom. The first-order valence-corrected chi connectivity index (χ1v) is 9.22. The van der Waals surface area contributed by atoms with Gasteiger partial charge in [0.05, 0.1) is 12.3 Å². The van der Waals surface area contributed by atoms with E-state index in [9.17, 15) is 4.39 Å². The minimum Gasteiger partial charge on any atom is -0.493 e. The van der Waals surface area contributed by atoms with E-state index in [0.29, 0.717) is 18.0 Å². The number of ether oxygens (including phenoxy) is 1. The number of thioether (sulfide) groups is 1. The Hall–Kier alpha value is -0.940. The van der Waals surface area contributed by atoms with Crippen molar-refractivity contribution in [3.05, 3.63) is 24.0 Å². The minimum absolute atomic E-state index is 0.180. The van der Waals surface area contributed by atoms with Gasteiger partial charge < -0.3 is 9.64 Å². The van der Waals surface area contributed by atoms with Crippen molar-refractivity contribution in [1.29, 1.82) is 0 Å². The van der Waals surface area contributed by atoms with Crippen molar-refractivity contribution < 1.29 is 9.13 Å². The summed E-state index contributed by atoms with van der Waals surface area (Å²) in [5.74, 6) is 1.34. The Labute approximate surface area is 137 Å². The predicted octanol–water partition coefficient (Wildman–Crippen LogP) is 3.49. The van der Waals surface area contributed by atoms with E-state index in [2.05, 4.69) is 30.6 Å². The summed E-state index contributed by atoms with van der Waals surface area (Å²) < 4.78 is 19.9. The zero-order chi connectivity index (χ0) is 16.2. The number of anilines is 1. The SMILES string of the molecule is CSCCOc1ccc(N2CCN(C(C)(C)C)CC2)c(F)c1. The second kappa shape index (κ2) is 7.55. The highest BCUT2D eigenvalue weighted by Crippen LogP contribution is 2.26. The van der Waals surface area contributed by atoms with Crippen LogP contribution in [0.25, 0.3) is 0 Å². The van der Waals surface area contributed by atoms with Crippen LogP contribution in [-0.4, -0.2) is 55.2 Å². The van der Waals surface area contributed by atoms with Crippen molar-refractivity contribution in [2.24, 2.45) is 0 Å². The topological polar surface area (TPSA) is 15.7 Å². The first-order valence-electron chi connectivity index (χ1n) is 7.83. The van der Waals surface area contributed by atoms with Crippen LogP contribution in [0, 0.1) is 5.82 Å². The summed E-state index contributed by atoms with van der Waals surface area (Å²) >= 11 is 1.72. The third-order valence-electron chi connectivity index (χ3n) is 4.04. The molecule has 2 rings (SSSR count). The predicted molar refractivity (Wildman–Crippen MR) is 93.8 cm³/mol. The van der Waals surface area contributed by atoms with E-state index in [1.54, 1.807) is 11.8 Å². The van der Waals surface area contributed by atoms with Gasteiger partial charge in [0.25, 0.3) is 0 Å². The molecule has 1 aliphatic rings. The molecule has 1 fully saturated rings. The van der Waals surface area contributed by atoms with Crippen LogP contribution in [0.15, 0.2) is 18.2 Å². The summed E-state index contributed by atoms with van der Waals surface area (Å²) in [5, 5.41) is 0. The maximum Gasteiger partial charge on any atom is 0.150 e. The van der Waals surface area contributed by atoms with E-state index in [4.69, 9.17) is 4.74 Å². The van der Waals surface area contributed by atoms with Gasteiger partial charge in [-0.25, -0.2) is 4.39 Å². The molecule has 1 heterocycles. The fourth-order valence-electron chi connectivity index (χ4n) is 2.69. The number of halogens is 1. The zero-order valence-corrected chi connectivity index (χ0v) is 14.9. The highest BCUT2D eigenvalue weighted by Gasteiger charge is 2.26. The van der Waals surface area contributed by atoms with E-state index >= 15 is 0 Å². The number of piperazine rings is 1. The fourth-order valence-corrected chi connectivity index (χ4v) is 2.94. The van der Waals surface area contributed by atoms with Crippen molar-refractivity contribution in [3.8, 4) is 5.75 Å². The number of hydrogen-bond acceptors (Lipinski definition) is 4. The highest BCUT2D eigenvalue weighted by molar-refractivity contribution is 7.98. The monoisotopic (exact) mass is 326 g/mol. The van der Waals surface area contributed by atoms with Gasteiger partial charge in [0.1, 0.15) is 11.6 Å². The van der Waals surface area contributed by atoms with E-state index in [0.717, 1.165) is 31.9 Å². The Morgan fingerprint density at radius 2 is 1.86 bits per heavy atom. The summed E-state index contributed by atoms with van der Waals surface area (Å²) in [6, 6.07) is 5.22. The molecule has 0 spiro atoms. The van der Waals surface area contributed by atoms with E-state index in [-0.39, 0.29) is 11.4 Å². The van der Waals surface area contributed by atoms with Crippen LogP contribution in [0.4, 0.5) is 10.1 Å². The largest absolute Gasteiger partial charge is 0.493 e. The number of benzene rings is 1. The molecule has 0 aliphatic carbocycles. The summed E-state index contributed by atoms with van der Waals surface area (Å²) in [7, 11) is 0. The van der Waals surface area contributed by atoms with Gasteiger partial charge in [-0.05, 0) is 39.2 Å². The quantitative estimate of drug-likeness (QED) is 0.769. The molecule has 0 bridgehead atoms. The van der Waals surface area contributed by atoms with Gasteiger partial charge in [-0.15, -0.1) is 0 Å². The molecule has 22 heavy (non-hydrogen) atoms. The normalized spacial score (nSPS) is 16.9. The molecular weight excluding hydrogens is 299 g/mol. The molecule has 3 nitrogen and oxygen atoms in total. The van der Waals surface area contributed by atoms with Crippen LogP contribution < -0.4 is 9.64 Å². The average Bonchev–Trinajstić information content (AvgIpc) is 2.47. The molecule has 0 saturated carbocycles. The van der Waals surface area contributed by atoms with Crippen LogP contribution >= 0.6 is 11.8 Å². The first kappa shape index (κ1) is 17.4. The molecule has 0 unspecified atom stereocenters. The van der Waals surface area contributed by atoms with Gasteiger partial charge in [0.2, 0.25) is 0 Å². The molecular formula is C17H27FN2OS. The summed E-state index contributed by atoms with van der Waals surface area (Å²) in [5.41, 5.74) is 0.866. The molecule has 5 heteroatoms. The van der Waals surface area contributed by atoms with Crippen LogP contribution in [0.5, 0.6) is 5.75 Å². The zero-order valence-electron chi connectivity index (χ0n) is 14.1. The molecule has 0 amide bonds. The molecule has 0 radical (unpaired) electrons. The first-order chi connectivity index (χ1) is 10.4. The number of rotatable bonds is 5. The van der Waals surface area contributed by atoms with Gasteiger partial charge in [0, 0.05) is 43.5 Å². The molecule has 0 N–H and O–H groups in total. The summed E-state index contributed by atoms with van der Waals surface area (Å²) in [6.45, 7) is 11.0. The second-order valence-corrected chi connectivity index (χ2v) is 7.58. The average molecular weight is 326 g/mol. The lowest BCUT2D eigenvalue weighted by atomic mass is 10.0. The highest BCUT2D eigenvalue weighted by atomic mass is 32.2. The lowest BCUT2D eigenvalue weighted by molar-refractivity contribution is 0.128. The molecule has 124 valence electrons. The smallest absolute Gasteiger partial charge is 0.150 e. The minimum atomic E-state index is -0.189. The van der Waals surface area contributed by atoms with Crippen molar-refractivity contribution >= 4 is 17.4 Å². The van der Waals surface area contributed by atoms with Crippen LogP contribution in [-0.2, 0) is 0 Å². The standard InChI is InChI=1S/C17H27FN2OS/c1-17(2,3)20-9-7-19(8-10-20)16-6-5-14(13-15(16)18)21-11-12-22-4/h5-6,13H,7-12H2,1-4H3. The van der Waals surface area contributed by atoms with Crippen molar-refractivity contribution in [2.75, 3.05) is 49.7 Å². The maximum absolute atomic E-state index is 14.3. The molecule has 1 aliphatic heterocycles. The number of hydrogen-bond donors (Lipinski definition) is 0. The van der Waals surface area contributed by atoms with Crippen molar-refractivity contribution in [1.82, 2.24) is 4.90 Å². The summed E-state index contributed by atoms with van der Waals surface area (Å²) in [6.07, 6.45) is 2.03. The second-order valence-electron chi connectivity index (χ2n) is 6.60. The van der Waals surface area contributed by atoms with Gasteiger partial charge in [-0.3, -0.25) is 4.90 Å². The molecule has 0 aromatic heterocycles. The van der Waals surface area contributed by atoms with E-state index < -0.39 is 0 Å². The molecule has 1 saturated heterocycles. The molecule has 1 aromatic carbocycles. The third kappa shape index (κ3) is 4.53. The Bertz CT molecular complexity index is 482. The van der Waals surface area contributed by atoms with E-state index in [1.165, 1.54) is 6.07 Å². The third-order valence-corrected chi connectivity index (χ3v) is 4.62. The fraction of sp³-hybridized carbons (Fsp3) is 0.647.